The first-order valence-electron chi connectivity index (χ1n) is 10.0. The highest BCUT2D eigenvalue weighted by molar-refractivity contribution is 5.90. The fraction of sp³-hybridized carbons (Fsp3) is 0.391. The summed E-state index contributed by atoms with van der Waals surface area (Å²) < 4.78 is 28.8. The summed E-state index contributed by atoms with van der Waals surface area (Å²) in [7, 11) is 0. The molecule has 0 saturated carbocycles. The minimum absolute atomic E-state index is 0.203. The first kappa shape index (κ1) is 19.0. The van der Waals surface area contributed by atoms with Crippen molar-refractivity contribution in [2.24, 2.45) is 5.73 Å². The van der Waals surface area contributed by atoms with Crippen LogP contribution in [0.5, 0.6) is 5.75 Å². The van der Waals surface area contributed by atoms with E-state index in [-0.39, 0.29) is 11.9 Å². The summed E-state index contributed by atoms with van der Waals surface area (Å²) >= 11 is 0. The predicted molar refractivity (Wildman–Crippen MR) is 109 cm³/mol. The molecule has 1 fully saturated rings. The quantitative estimate of drug-likeness (QED) is 0.658. The van der Waals surface area contributed by atoms with Crippen LogP contribution in [0.2, 0.25) is 0 Å². The lowest BCUT2D eigenvalue weighted by molar-refractivity contribution is 0.00668. The third kappa shape index (κ3) is 4.05. The van der Waals surface area contributed by atoms with Crippen molar-refractivity contribution in [3.63, 3.8) is 0 Å². The number of halogens is 1. The molecule has 2 aromatic carbocycles. The van der Waals surface area contributed by atoms with E-state index in [0.29, 0.717) is 25.3 Å². The smallest absolute Gasteiger partial charge is 0.165 e. The van der Waals surface area contributed by atoms with Crippen LogP contribution in [-0.2, 0) is 24.3 Å². The summed E-state index contributed by atoms with van der Waals surface area (Å²) in [6.45, 7) is 2.42. The van der Waals surface area contributed by atoms with Crippen LogP contribution in [0.4, 0.5) is 4.39 Å². The van der Waals surface area contributed by atoms with Gasteiger partial charge in [0, 0.05) is 24.7 Å². The molecule has 2 N–H and O–H groups in total. The van der Waals surface area contributed by atoms with Crippen LogP contribution in [0.15, 0.2) is 48.7 Å². The van der Waals surface area contributed by atoms with Gasteiger partial charge in [0.1, 0.15) is 6.61 Å². The summed E-state index contributed by atoms with van der Waals surface area (Å²) in [5, 5.41) is 0.831. The van der Waals surface area contributed by atoms with Gasteiger partial charge in [-0.05, 0) is 55.5 Å². The lowest BCUT2D eigenvalue weighted by Crippen LogP contribution is -2.24. The molecule has 2 heterocycles. The van der Waals surface area contributed by atoms with Crippen LogP contribution in [-0.4, -0.2) is 23.8 Å². The van der Waals surface area contributed by atoms with Crippen LogP contribution >= 0.6 is 0 Å². The van der Waals surface area contributed by atoms with Crippen molar-refractivity contribution in [2.45, 2.75) is 44.9 Å². The van der Waals surface area contributed by atoms with Gasteiger partial charge in [0.2, 0.25) is 0 Å². The molecule has 3 aromatic rings. The van der Waals surface area contributed by atoms with Gasteiger partial charge in [-0.1, -0.05) is 30.3 Å². The summed E-state index contributed by atoms with van der Waals surface area (Å²) in [5.41, 5.74) is 8.84. The molecule has 0 amide bonds. The zero-order valence-corrected chi connectivity index (χ0v) is 16.1. The molecule has 0 radical (unpaired) electrons. The molecule has 0 spiro atoms. The molecule has 1 aliphatic rings. The normalized spacial score (nSPS) is 17.1. The van der Waals surface area contributed by atoms with Crippen LogP contribution in [0.1, 0.15) is 30.4 Å². The lowest BCUT2D eigenvalue weighted by Gasteiger charge is -2.23. The highest BCUT2D eigenvalue weighted by Crippen LogP contribution is 2.35. The Morgan fingerprint density at radius 2 is 2.00 bits per heavy atom. The molecule has 0 bridgehead atoms. The summed E-state index contributed by atoms with van der Waals surface area (Å²) in [5.74, 6) is -0.0264. The molecule has 4 nitrogen and oxygen atoms in total. The first-order chi connectivity index (χ1) is 13.8. The molecular formula is C23H27FN2O2. The molecule has 5 heteroatoms. The Bertz CT molecular complexity index is 917. The second-order valence-electron chi connectivity index (χ2n) is 7.38. The third-order valence-corrected chi connectivity index (χ3v) is 5.34. The Hall–Kier alpha value is -2.37. The maximum absolute atomic E-state index is 14.7. The molecule has 28 heavy (non-hydrogen) atoms. The Morgan fingerprint density at radius 1 is 1.14 bits per heavy atom. The second-order valence-corrected chi connectivity index (χ2v) is 7.38. The van der Waals surface area contributed by atoms with E-state index in [1.54, 1.807) is 0 Å². The monoisotopic (exact) mass is 382 g/mol. The first-order valence-corrected chi connectivity index (χ1v) is 10.0. The fourth-order valence-electron chi connectivity index (χ4n) is 3.96. The van der Waals surface area contributed by atoms with Crippen molar-refractivity contribution in [2.75, 3.05) is 13.2 Å². The standard InChI is InChI=1S/C23H27FN2O2/c24-20-9-10-21-22(23(20)28-16-17-6-2-1-3-7-17)18(11-12-25)14-26(21)15-19-8-4-5-13-27-19/h1-3,6-7,9-10,14,19H,4-5,8,11-13,15-16,25H2. The van der Waals surface area contributed by atoms with Gasteiger partial charge in [-0.15, -0.1) is 0 Å². The summed E-state index contributed by atoms with van der Waals surface area (Å²) in [6, 6.07) is 13.1. The highest BCUT2D eigenvalue weighted by Gasteiger charge is 2.20. The van der Waals surface area contributed by atoms with Gasteiger partial charge in [0.25, 0.3) is 0 Å². The van der Waals surface area contributed by atoms with Gasteiger partial charge >= 0.3 is 0 Å². The van der Waals surface area contributed by atoms with E-state index in [1.807, 2.05) is 36.4 Å². The number of ether oxygens (including phenoxy) is 2. The van der Waals surface area contributed by atoms with Crippen molar-refractivity contribution in [3.05, 3.63) is 65.6 Å². The lowest BCUT2D eigenvalue weighted by atomic mass is 10.1. The van der Waals surface area contributed by atoms with Crippen LogP contribution in [0.25, 0.3) is 10.9 Å². The summed E-state index contributed by atoms with van der Waals surface area (Å²) in [6.07, 6.45) is 6.35. The second kappa shape index (κ2) is 8.76. The van der Waals surface area contributed by atoms with E-state index >= 15 is 0 Å². The maximum Gasteiger partial charge on any atom is 0.165 e. The molecule has 148 valence electrons. The number of nitrogens with zero attached hydrogens (tertiary/aromatic N) is 1. The van der Waals surface area contributed by atoms with Gasteiger partial charge in [0.05, 0.1) is 11.6 Å². The van der Waals surface area contributed by atoms with Crippen LogP contribution in [0.3, 0.4) is 0 Å². The zero-order valence-electron chi connectivity index (χ0n) is 16.1. The van der Waals surface area contributed by atoms with Crippen LogP contribution < -0.4 is 10.5 Å². The van der Waals surface area contributed by atoms with Crippen LogP contribution in [0, 0.1) is 5.82 Å². The van der Waals surface area contributed by atoms with E-state index in [1.165, 1.54) is 12.5 Å². The molecule has 1 aliphatic heterocycles. The Morgan fingerprint density at radius 3 is 2.75 bits per heavy atom. The molecular weight excluding hydrogens is 355 g/mol. The number of rotatable bonds is 7. The van der Waals surface area contributed by atoms with Gasteiger partial charge < -0.3 is 19.8 Å². The molecule has 1 atom stereocenters. The maximum atomic E-state index is 14.7. The number of hydrogen-bond acceptors (Lipinski definition) is 3. The minimum Gasteiger partial charge on any atom is -0.485 e. The van der Waals surface area contributed by atoms with E-state index in [2.05, 4.69) is 10.8 Å². The van der Waals surface area contributed by atoms with Crippen molar-refractivity contribution in [1.29, 1.82) is 0 Å². The molecule has 1 unspecified atom stereocenters. The van der Waals surface area contributed by atoms with Gasteiger partial charge in [0.15, 0.2) is 11.6 Å². The van der Waals surface area contributed by atoms with Gasteiger partial charge in [-0.25, -0.2) is 4.39 Å². The SMILES string of the molecule is NCCc1cn(CC2CCCCO2)c2ccc(F)c(OCc3ccccc3)c12. The van der Waals surface area contributed by atoms with E-state index in [9.17, 15) is 4.39 Å². The van der Waals surface area contributed by atoms with Crippen molar-refractivity contribution in [1.82, 2.24) is 4.57 Å². The Kier molecular flexibility index (Phi) is 5.93. The average molecular weight is 382 g/mol. The van der Waals surface area contributed by atoms with Gasteiger partial charge in [-0.3, -0.25) is 0 Å². The largest absolute Gasteiger partial charge is 0.485 e. The van der Waals surface area contributed by atoms with Gasteiger partial charge in [-0.2, -0.15) is 0 Å². The fourth-order valence-corrected chi connectivity index (χ4v) is 3.96. The van der Waals surface area contributed by atoms with Crippen molar-refractivity contribution < 1.29 is 13.9 Å². The highest BCUT2D eigenvalue weighted by atomic mass is 19.1. The Labute approximate surface area is 165 Å². The number of aromatic nitrogens is 1. The number of nitrogens with two attached hydrogens (primary N) is 1. The van der Waals surface area contributed by atoms with Crippen molar-refractivity contribution >= 4 is 10.9 Å². The van der Waals surface area contributed by atoms with E-state index in [0.717, 1.165) is 48.0 Å². The Balaban J connectivity index is 1.68. The summed E-state index contributed by atoms with van der Waals surface area (Å²) in [4.78, 5) is 0. The molecule has 1 saturated heterocycles. The topological polar surface area (TPSA) is 49.4 Å². The molecule has 0 aliphatic carbocycles. The predicted octanol–water partition coefficient (Wildman–Crippen LogP) is 4.43. The molecule has 4 rings (SSSR count). The van der Waals surface area contributed by atoms with E-state index in [4.69, 9.17) is 15.2 Å². The molecule has 1 aromatic heterocycles. The number of fused-ring (bicyclic) bond motifs is 1. The van der Waals surface area contributed by atoms with E-state index < -0.39 is 0 Å². The third-order valence-electron chi connectivity index (χ3n) is 5.34. The van der Waals surface area contributed by atoms with Crippen molar-refractivity contribution in [3.8, 4) is 5.75 Å². The number of hydrogen-bond donors (Lipinski definition) is 1. The zero-order chi connectivity index (χ0) is 19.3. The average Bonchev–Trinajstić information content (AvgIpc) is 3.06. The minimum atomic E-state index is -0.339. The number of benzene rings is 2.